The molecule has 0 fully saturated rings. The Morgan fingerprint density at radius 2 is 2.19 bits per heavy atom. The lowest BCUT2D eigenvalue weighted by molar-refractivity contribution is 0.667. The summed E-state index contributed by atoms with van der Waals surface area (Å²) in [5.41, 5.74) is 3.37. The molecule has 0 aliphatic rings. The first-order valence-electron chi connectivity index (χ1n) is 6.84. The van der Waals surface area contributed by atoms with Crippen LogP contribution >= 0.6 is 34.2 Å². The monoisotopic (exact) mass is 411 g/mol. The molecule has 2 aromatic heterocycles. The summed E-state index contributed by atoms with van der Waals surface area (Å²) in [5.74, 6) is 0.928. The summed E-state index contributed by atoms with van der Waals surface area (Å²) in [5, 5.41) is -0.107. The number of hydrogen-bond donors (Lipinski definition) is 0. The van der Waals surface area contributed by atoms with Gasteiger partial charge in [0.2, 0.25) is 0 Å². The van der Waals surface area contributed by atoms with E-state index in [0.29, 0.717) is 0 Å². The van der Waals surface area contributed by atoms with Gasteiger partial charge in [0.25, 0.3) is 0 Å². The SMILES string of the molecule is CC(Cl)c1nc2cc(I)ccc2n1CCc1cccnc1. The van der Waals surface area contributed by atoms with Crippen molar-refractivity contribution >= 4 is 45.2 Å². The van der Waals surface area contributed by atoms with Gasteiger partial charge in [-0.15, -0.1) is 11.6 Å². The van der Waals surface area contributed by atoms with E-state index in [1.54, 1.807) is 6.20 Å². The van der Waals surface area contributed by atoms with Crippen molar-refractivity contribution in [2.24, 2.45) is 0 Å². The van der Waals surface area contributed by atoms with Crippen LogP contribution < -0.4 is 0 Å². The molecular weight excluding hydrogens is 397 g/mol. The van der Waals surface area contributed by atoms with Gasteiger partial charge in [-0.05, 0) is 65.8 Å². The summed E-state index contributed by atoms with van der Waals surface area (Å²) in [6.07, 6.45) is 4.62. The summed E-state index contributed by atoms with van der Waals surface area (Å²) < 4.78 is 3.40. The summed E-state index contributed by atoms with van der Waals surface area (Å²) in [6, 6.07) is 10.4. The van der Waals surface area contributed by atoms with Crippen molar-refractivity contribution in [2.75, 3.05) is 0 Å². The summed E-state index contributed by atoms with van der Waals surface area (Å²) >= 11 is 8.61. The fraction of sp³-hybridized carbons (Fsp3) is 0.250. The molecule has 108 valence electrons. The van der Waals surface area contributed by atoms with E-state index in [0.717, 1.165) is 29.8 Å². The number of benzene rings is 1. The van der Waals surface area contributed by atoms with Crippen LogP contribution in [0.15, 0.2) is 42.7 Å². The molecule has 0 N–H and O–H groups in total. The maximum absolute atomic E-state index is 6.30. The lowest BCUT2D eigenvalue weighted by Gasteiger charge is -2.10. The number of alkyl halides is 1. The minimum Gasteiger partial charge on any atom is -0.326 e. The number of hydrogen-bond acceptors (Lipinski definition) is 2. The van der Waals surface area contributed by atoms with Gasteiger partial charge in [0, 0.05) is 22.5 Å². The van der Waals surface area contributed by atoms with Crippen LogP contribution in [0.3, 0.4) is 0 Å². The highest BCUT2D eigenvalue weighted by Gasteiger charge is 2.15. The second-order valence-corrected chi connectivity index (χ2v) is 6.88. The lowest BCUT2D eigenvalue weighted by Crippen LogP contribution is -2.07. The van der Waals surface area contributed by atoms with Gasteiger partial charge in [0.05, 0.1) is 16.4 Å². The molecule has 0 bridgehead atoms. The standard InChI is InChI=1S/C16H15ClIN3/c1-11(17)16-20-14-9-13(18)4-5-15(14)21(16)8-6-12-3-2-7-19-10-12/h2-5,7,9-11H,6,8H2,1H3. The first-order chi connectivity index (χ1) is 10.1. The Balaban J connectivity index is 1.97. The molecule has 0 aliphatic heterocycles. The normalized spacial score (nSPS) is 12.7. The second-order valence-electron chi connectivity index (χ2n) is 4.98. The average Bonchev–Trinajstić information content (AvgIpc) is 2.84. The molecule has 0 radical (unpaired) electrons. The Morgan fingerprint density at radius 1 is 1.33 bits per heavy atom. The smallest absolute Gasteiger partial charge is 0.127 e. The minimum atomic E-state index is -0.107. The van der Waals surface area contributed by atoms with Crippen molar-refractivity contribution in [1.29, 1.82) is 0 Å². The van der Waals surface area contributed by atoms with Crippen LogP contribution in [0.4, 0.5) is 0 Å². The van der Waals surface area contributed by atoms with Crippen LogP contribution in [-0.4, -0.2) is 14.5 Å². The molecular formula is C16H15ClIN3. The predicted octanol–water partition coefficient (Wildman–Crippen LogP) is 4.58. The fourth-order valence-electron chi connectivity index (χ4n) is 2.45. The third-order valence-electron chi connectivity index (χ3n) is 3.44. The number of imidazole rings is 1. The molecule has 21 heavy (non-hydrogen) atoms. The molecule has 5 heteroatoms. The number of fused-ring (bicyclic) bond motifs is 1. The molecule has 3 nitrogen and oxygen atoms in total. The predicted molar refractivity (Wildman–Crippen MR) is 94.7 cm³/mol. The van der Waals surface area contributed by atoms with Crippen LogP contribution in [0, 0.1) is 3.57 Å². The Kier molecular flexibility index (Phi) is 4.45. The Morgan fingerprint density at radius 3 is 2.90 bits per heavy atom. The van der Waals surface area contributed by atoms with Crippen molar-refractivity contribution in [3.8, 4) is 0 Å². The van der Waals surface area contributed by atoms with E-state index in [9.17, 15) is 0 Å². The van der Waals surface area contributed by atoms with Gasteiger partial charge in [-0.1, -0.05) is 6.07 Å². The molecule has 0 aliphatic carbocycles. The largest absolute Gasteiger partial charge is 0.326 e. The highest BCUT2D eigenvalue weighted by molar-refractivity contribution is 14.1. The van der Waals surface area contributed by atoms with Gasteiger partial charge < -0.3 is 4.57 Å². The topological polar surface area (TPSA) is 30.7 Å². The highest BCUT2D eigenvalue weighted by atomic mass is 127. The van der Waals surface area contributed by atoms with Crippen molar-refractivity contribution in [2.45, 2.75) is 25.3 Å². The molecule has 3 aromatic rings. The van der Waals surface area contributed by atoms with E-state index in [1.165, 1.54) is 9.13 Å². The van der Waals surface area contributed by atoms with E-state index in [4.69, 9.17) is 16.6 Å². The number of aryl methyl sites for hydroxylation is 2. The molecule has 1 unspecified atom stereocenters. The molecule has 0 saturated heterocycles. The Bertz CT molecular complexity index is 753. The molecule has 3 rings (SSSR count). The number of nitrogens with zero attached hydrogens (tertiary/aromatic N) is 3. The van der Waals surface area contributed by atoms with Crippen molar-refractivity contribution < 1.29 is 0 Å². The Hall–Kier alpha value is -1.14. The first-order valence-corrected chi connectivity index (χ1v) is 8.35. The van der Waals surface area contributed by atoms with E-state index in [2.05, 4.69) is 56.4 Å². The van der Waals surface area contributed by atoms with Gasteiger partial charge in [-0.2, -0.15) is 0 Å². The molecule has 1 atom stereocenters. The van der Waals surface area contributed by atoms with E-state index >= 15 is 0 Å². The van der Waals surface area contributed by atoms with Gasteiger partial charge in [0.15, 0.2) is 0 Å². The maximum atomic E-state index is 6.30. The lowest BCUT2D eigenvalue weighted by atomic mass is 10.2. The quantitative estimate of drug-likeness (QED) is 0.465. The second kappa shape index (κ2) is 6.32. The molecule has 1 aromatic carbocycles. The maximum Gasteiger partial charge on any atom is 0.127 e. The van der Waals surface area contributed by atoms with E-state index in [-0.39, 0.29) is 5.38 Å². The zero-order chi connectivity index (χ0) is 14.8. The highest BCUT2D eigenvalue weighted by Crippen LogP contribution is 2.26. The van der Waals surface area contributed by atoms with Crippen LogP contribution in [0.1, 0.15) is 23.7 Å². The number of halogens is 2. The molecule has 0 saturated carbocycles. The van der Waals surface area contributed by atoms with Gasteiger partial charge >= 0.3 is 0 Å². The zero-order valence-electron chi connectivity index (χ0n) is 11.6. The van der Waals surface area contributed by atoms with E-state index in [1.807, 2.05) is 19.2 Å². The Labute approximate surface area is 142 Å². The third-order valence-corrected chi connectivity index (χ3v) is 4.31. The van der Waals surface area contributed by atoms with Crippen LogP contribution in [-0.2, 0) is 13.0 Å². The zero-order valence-corrected chi connectivity index (χ0v) is 14.5. The summed E-state index contributed by atoms with van der Waals surface area (Å²) in [6.45, 7) is 2.82. The van der Waals surface area contributed by atoms with Crippen LogP contribution in [0.5, 0.6) is 0 Å². The average molecular weight is 412 g/mol. The number of aromatic nitrogens is 3. The van der Waals surface area contributed by atoms with Crippen LogP contribution in [0.25, 0.3) is 11.0 Å². The van der Waals surface area contributed by atoms with Crippen molar-refractivity contribution in [3.05, 3.63) is 57.7 Å². The third kappa shape index (κ3) is 3.21. The molecule has 2 heterocycles. The summed E-state index contributed by atoms with van der Waals surface area (Å²) in [7, 11) is 0. The minimum absolute atomic E-state index is 0.107. The van der Waals surface area contributed by atoms with Gasteiger partial charge in [-0.3, -0.25) is 4.98 Å². The van der Waals surface area contributed by atoms with Crippen molar-refractivity contribution in [1.82, 2.24) is 14.5 Å². The molecule has 0 spiro atoms. The van der Waals surface area contributed by atoms with Gasteiger partial charge in [-0.25, -0.2) is 4.98 Å². The number of rotatable bonds is 4. The van der Waals surface area contributed by atoms with Gasteiger partial charge in [0.1, 0.15) is 5.82 Å². The van der Waals surface area contributed by atoms with Crippen LogP contribution in [0.2, 0.25) is 0 Å². The fourth-order valence-corrected chi connectivity index (χ4v) is 3.09. The summed E-state index contributed by atoms with van der Waals surface area (Å²) in [4.78, 5) is 8.86. The van der Waals surface area contributed by atoms with Crippen molar-refractivity contribution in [3.63, 3.8) is 0 Å². The number of pyridine rings is 1. The van der Waals surface area contributed by atoms with E-state index < -0.39 is 0 Å². The molecule has 0 amide bonds. The first kappa shape index (κ1) is 14.8.